The van der Waals surface area contributed by atoms with Gasteiger partial charge in [-0.1, -0.05) is 25.8 Å². The van der Waals surface area contributed by atoms with E-state index in [1.165, 1.54) is 38.2 Å². The summed E-state index contributed by atoms with van der Waals surface area (Å²) in [7, 11) is 0. The van der Waals surface area contributed by atoms with Crippen LogP contribution in [0.3, 0.4) is 0 Å². The van der Waals surface area contributed by atoms with Crippen LogP contribution in [0.4, 0.5) is 23.8 Å². The van der Waals surface area contributed by atoms with Crippen LogP contribution in [-0.4, -0.2) is 106 Å². The Morgan fingerprint density at radius 2 is 1.81 bits per heavy atom. The second kappa shape index (κ2) is 15.8. The van der Waals surface area contributed by atoms with Gasteiger partial charge >= 0.3 is 24.0 Å². The fraction of sp³-hybridized carbons (Fsp3) is 0.488. The maximum absolute atomic E-state index is 17.4. The van der Waals surface area contributed by atoms with E-state index in [9.17, 15) is 18.8 Å². The van der Waals surface area contributed by atoms with Gasteiger partial charge in [0, 0.05) is 63.5 Å². The summed E-state index contributed by atoms with van der Waals surface area (Å²) in [5, 5.41) is 0.836. The van der Waals surface area contributed by atoms with Crippen molar-refractivity contribution in [2.75, 3.05) is 37.7 Å². The number of halogens is 3. The SMILES string of the molecule is C#Cc1c(F)ccc2cc(OC(=O)CC(C)C)cc(-c3ncc4c(N5CC6CCC(C5)N6C(=O)OC(C)OC(C)=O)nc(OC[C@@]56CCCN5C[C@H](F)C6)nc4c3F)c12. The van der Waals surface area contributed by atoms with E-state index >= 15 is 8.78 Å². The summed E-state index contributed by atoms with van der Waals surface area (Å²) in [5.41, 5.74) is -0.963. The van der Waals surface area contributed by atoms with Crippen LogP contribution in [0.15, 0.2) is 30.5 Å². The van der Waals surface area contributed by atoms with Gasteiger partial charge in [-0.2, -0.15) is 9.97 Å². The molecule has 0 saturated carbocycles. The number of benzene rings is 2. The van der Waals surface area contributed by atoms with Crippen LogP contribution in [0.5, 0.6) is 11.8 Å². The summed E-state index contributed by atoms with van der Waals surface area (Å²) in [4.78, 5) is 57.1. The van der Waals surface area contributed by atoms with Crippen molar-refractivity contribution in [1.29, 1.82) is 0 Å². The molecule has 8 rings (SSSR count). The van der Waals surface area contributed by atoms with Crippen molar-refractivity contribution in [3.63, 3.8) is 0 Å². The molecular weight excluding hydrogens is 770 g/mol. The van der Waals surface area contributed by atoms with E-state index in [1.54, 1.807) is 11.0 Å². The molecule has 16 heteroatoms. The zero-order valence-corrected chi connectivity index (χ0v) is 33.3. The minimum Gasteiger partial charge on any atom is -0.461 e. The van der Waals surface area contributed by atoms with Crippen molar-refractivity contribution in [3.05, 3.63) is 47.7 Å². The van der Waals surface area contributed by atoms with Gasteiger partial charge in [0.2, 0.25) is 6.29 Å². The lowest BCUT2D eigenvalue weighted by molar-refractivity contribution is -0.163. The molecule has 0 spiro atoms. The van der Waals surface area contributed by atoms with Gasteiger partial charge in [0.15, 0.2) is 5.82 Å². The molecule has 4 aliphatic rings. The minimum atomic E-state index is -1.08. The highest BCUT2D eigenvalue weighted by atomic mass is 19.1. The molecule has 0 radical (unpaired) electrons. The first-order chi connectivity index (χ1) is 28.2. The predicted molar refractivity (Wildman–Crippen MR) is 210 cm³/mol. The van der Waals surface area contributed by atoms with Crippen LogP contribution >= 0.6 is 0 Å². The zero-order chi connectivity index (χ0) is 41.7. The number of carbonyl (C=O) groups is 3. The number of hydrogen-bond acceptors (Lipinski definition) is 12. The number of rotatable bonds is 10. The van der Waals surface area contributed by atoms with E-state index in [2.05, 4.69) is 20.8 Å². The topological polar surface area (TPSA) is 137 Å². The quantitative estimate of drug-likeness (QED) is 0.0729. The highest BCUT2D eigenvalue weighted by Gasteiger charge is 2.50. The molecule has 59 heavy (non-hydrogen) atoms. The molecule has 4 saturated heterocycles. The number of nitrogens with zero attached hydrogens (tertiary/aromatic N) is 6. The van der Waals surface area contributed by atoms with Crippen molar-refractivity contribution in [2.45, 2.75) is 96.3 Å². The lowest BCUT2D eigenvalue weighted by Crippen LogP contribution is -2.56. The maximum Gasteiger partial charge on any atom is 0.413 e. The fourth-order valence-electron chi connectivity index (χ4n) is 9.30. The van der Waals surface area contributed by atoms with Gasteiger partial charge in [-0.15, -0.1) is 6.42 Å². The largest absolute Gasteiger partial charge is 0.461 e. The van der Waals surface area contributed by atoms with Crippen molar-refractivity contribution >= 4 is 45.5 Å². The Balaban J connectivity index is 1.22. The fourth-order valence-corrected chi connectivity index (χ4v) is 9.30. The third-order valence-electron chi connectivity index (χ3n) is 11.7. The summed E-state index contributed by atoms with van der Waals surface area (Å²) in [6.45, 7) is 8.17. The summed E-state index contributed by atoms with van der Waals surface area (Å²) in [6, 6.07) is 4.87. The standard InChI is InChI=1S/C43H45F3N6O7/c1-6-31-34(45)11-8-26-15-30(59-35(54)14-23(2)3)16-32(36(26)31)38-37(46)39-33(18-47-38)40(49-41(48-39)56-22-43-12-7-13-51(43)19-27(44)17-43)50-20-28-9-10-29(21-50)52(28)42(55)58-25(5)57-24(4)53/h1,8,11,15-16,18,23,25,27-29H,7,9-10,12-14,17,19-22H2,2-5H3/t25?,27-,28?,29?,43+/m1/s1. The lowest BCUT2D eigenvalue weighted by atomic mass is 9.95. The molecular formula is C43H45F3N6O7. The molecule has 0 aliphatic carbocycles. The van der Waals surface area contributed by atoms with Crippen LogP contribution < -0.4 is 14.4 Å². The van der Waals surface area contributed by atoms with Crippen LogP contribution in [0.25, 0.3) is 32.9 Å². The maximum atomic E-state index is 17.4. The number of aromatic nitrogens is 3. The molecule has 3 unspecified atom stereocenters. The Morgan fingerprint density at radius 3 is 2.53 bits per heavy atom. The molecule has 4 aromatic rings. The van der Waals surface area contributed by atoms with E-state index in [-0.39, 0.29) is 75.9 Å². The van der Waals surface area contributed by atoms with Gasteiger partial charge in [-0.05, 0) is 61.7 Å². The first-order valence-electron chi connectivity index (χ1n) is 20.0. The van der Waals surface area contributed by atoms with E-state index in [4.69, 9.17) is 30.4 Å². The van der Waals surface area contributed by atoms with Crippen LogP contribution in [-0.2, 0) is 19.1 Å². The molecule has 0 N–H and O–H groups in total. The van der Waals surface area contributed by atoms with E-state index in [0.29, 0.717) is 50.1 Å². The number of esters is 2. The normalized spacial score (nSPS) is 23.1. The number of hydrogen-bond donors (Lipinski definition) is 0. The number of ether oxygens (including phenoxy) is 4. The van der Waals surface area contributed by atoms with Crippen molar-refractivity contribution in [3.8, 4) is 35.4 Å². The number of fused-ring (bicyclic) bond motifs is 5. The zero-order valence-electron chi connectivity index (χ0n) is 33.3. The molecule has 6 heterocycles. The van der Waals surface area contributed by atoms with Crippen LogP contribution in [0.1, 0.15) is 71.8 Å². The summed E-state index contributed by atoms with van der Waals surface area (Å²) in [5.74, 6) is 0.144. The van der Waals surface area contributed by atoms with E-state index in [0.717, 1.165) is 19.4 Å². The van der Waals surface area contributed by atoms with Crippen molar-refractivity contribution in [2.24, 2.45) is 5.92 Å². The van der Waals surface area contributed by atoms with E-state index < -0.39 is 47.7 Å². The Bertz CT molecular complexity index is 2380. The molecule has 310 valence electrons. The van der Waals surface area contributed by atoms with Crippen LogP contribution in [0.2, 0.25) is 0 Å². The Labute approximate surface area is 339 Å². The molecule has 13 nitrogen and oxygen atoms in total. The second-order valence-electron chi connectivity index (χ2n) is 16.3. The number of anilines is 1. The number of amides is 1. The number of carbonyl (C=O) groups excluding carboxylic acids is 3. The first-order valence-corrected chi connectivity index (χ1v) is 20.0. The second-order valence-corrected chi connectivity index (χ2v) is 16.3. The van der Waals surface area contributed by atoms with Gasteiger partial charge in [0.1, 0.15) is 41.4 Å². The smallest absolute Gasteiger partial charge is 0.413 e. The van der Waals surface area contributed by atoms with Crippen molar-refractivity contribution < 1.29 is 46.5 Å². The number of alkyl halides is 1. The molecule has 4 aliphatic heterocycles. The Hall–Kier alpha value is -5.69. The molecule has 2 bridgehead atoms. The highest BCUT2D eigenvalue weighted by Crippen LogP contribution is 2.43. The van der Waals surface area contributed by atoms with Gasteiger partial charge < -0.3 is 23.8 Å². The number of piperazine rings is 1. The van der Waals surface area contributed by atoms with Gasteiger partial charge in [0.25, 0.3) is 0 Å². The van der Waals surface area contributed by atoms with Crippen LogP contribution in [0, 0.1) is 29.9 Å². The average molecular weight is 815 g/mol. The van der Waals surface area contributed by atoms with Gasteiger partial charge in [-0.25, -0.2) is 18.0 Å². The third-order valence-corrected chi connectivity index (χ3v) is 11.7. The van der Waals surface area contributed by atoms with E-state index in [1.807, 2.05) is 18.7 Å². The highest BCUT2D eigenvalue weighted by molar-refractivity contribution is 6.03. The Kier molecular flexibility index (Phi) is 10.8. The summed E-state index contributed by atoms with van der Waals surface area (Å²) in [6.07, 6.45) is 7.90. The lowest BCUT2D eigenvalue weighted by Gasteiger charge is -2.41. The molecule has 4 fully saturated rings. The minimum absolute atomic E-state index is 0.0147. The summed E-state index contributed by atoms with van der Waals surface area (Å²) < 4.78 is 69.8. The molecule has 5 atom stereocenters. The van der Waals surface area contributed by atoms with Gasteiger partial charge in [-0.3, -0.25) is 24.4 Å². The van der Waals surface area contributed by atoms with Gasteiger partial charge in [0.05, 0.1) is 28.6 Å². The monoisotopic (exact) mass is 814 g/mol. The number of terminal acetylenes is 1. The molecule has 2 aromatic heterocycles. The number of pyridine rings is 1. The van der Waals surface area contributed by atoms with Crippen molar-refractivity contribution in [1.82, 2.24) is 24.8 Å². The molecule has 2 aromatic carbocycles. The third kappa shape index (κ3) is 7.68. The predicted octanol–water partition coefficient (Wildman–Crippen LogP) is 6.71. The first kappa shape index (κ1) is 40.1. The molecule has 1 amide bonds. The average Bonchev–Trinajstić information content (AvgIpc) is 3.79. The summed E-state index contributed by atoms with van der Waals surface area (Å²) >= 11 is 0. The Morgan fingerprint density at radius 1 is 1.05 bits per heavy atom.